The van der Waals surface area contributed by atoms with Gasteiger partial charge in [-0.25, -0.2) is 0 Å². The smallest absolute Gasteiger partial charge is 0.328 e. The molecule has 0 radical (unpaired) electrons. The summed E-state index contributed by atoms with van der Waals surface area (Å²) in [5, 5.41) is 0. The van der Waals surface area contributed by atoms with Crippen LogP contribution in [0.2, 0.25) is 0 Å². The van der Waals surface area contributed by atoms with Gasteiger partial charge in [-0.1, -0.05) is 18.2 Å². The lowest BCUT2D eigenvalue weighted by Crippen LogP contribution is -2.37. The molecule has 0 saturated heterocycles. The quantitative estimate of drug-likeness (QED) is 0.824. The van der Waals surface area contributed by atoms with Crippen molar-refractivity contribution in [1.29, 1.82) is 0 Å². The number of para-hydroxylation sites is 1. The summed E-state index contributed by atoms with van der Waals surface area (Å²) in [6.07, 6.45) is -0.744. The summed E-state index contributed by atoms with van der Waals surface area (Å²) in [6, 6.07) is 6.27. The number of alkyl halides is 2. The van der Waals surface area contributed by atoms with Gasteiger partial charge in [-0.3, -0.25) is 4.79 Å². The normalized spacial score (nSPS) is 11.1. The molecule has 0 saturated carbocycles. The number of primary amides is 1. The van der Waals surface area contributed by atoms with Crippen LogP contribution in [0.15, 0.2) is 24.3 Å². The van der Waals surface area contributed by atoms with E-state index in [0.717, 1.165) is 0 Å². The van der Waals surface area contributed by atoms with E-state index in [0.29, 0.717) is 5.75 Å². The van der Waals surface area contributed by atoms with Crippen molar-refractivity contribution in [2.24, 2.45) is 5.73 Å². The lowest BCUT2D eigenvalue weighted by Gasteiger charge is -2.14. The van der Waals surface area contributed by atoms with Crippen LogP contribution in [0.3, 0.4) is 0 Å². The SMILES string of the molecule is COc1ccccc1CC(F)(F)C(N)=O. The number of benzene rings is 1. The van der Waals surface area contributed by atoms with Crippen molar-refractivity contribution < 1.29 is 18.3 Å². The molecule has 1 aromatic rings. The van der Waals surface area contributed by atoms with E-state index in [1.165, 1.54) is 13.2 Å². The molecule has 0 atom stereocenters. The van der Waals surface area contributed by atoms with Crippen LogP contribution in [0.1, 0.15) is 5.56 Å². The number of ether oxygens (including phenoxy) is 1. The highest BCUT2D eigenvalue weighted by Gasteiger charge is 2.37. The Morgan fingerprint density at radius 1 is 1.47 bits per heavy atom. The average molecular weight is 215 g/mol. The Morgan fingerprint density at radius 2 is 2.07 bits per heavy atom. The molecule has 82 valence electrons. The molecular formula is C10H11F2NO2. The molecule has 0 spiro atoms. The molecule has 0 aliphatic rings. The van der Waals surface area contributed by atoms with Crippen LogP contribution >= 0.6 is 0 Å². The van der Waals surface area contributed by atoms with Gasteiger partial charge in [0.05, 0.1) is 7.11 Å². The summed E-state index contributed by atoms with van der Waals surface area (Å²) in [6.45, 7) is 0. The molecule has 2 N–H and O–H groups in total. The summed E-state index contributed by atoms with van der Waals surface area (Å²) in [5.74, 6) is -4.86. The van der Waals surface area contributed by atoms with Crippen LogP contribution in [0, 0.1) is 0 Å². The number of methoxy groups -OCH3 is 1. The van der Waals surface area contributed by atoms with Gasteiger partial charge in [0.2, 0.25) is 0 Å². The molecule has 15 heavy (non-hydrogen) atoms. The van der Waals surface area contributed by atoms with E-state index in [1.54, 1.807) is 18.2 Å². The van der Waals surface area contributed by atoms with E-state index in [4.69, 9.17) is 4.74 Å². The second-order valence-corrected chi connectivity index (χ2v) is 3.06. The lowest BCUT2D eigenvalue weighted by molar-refractivity contribution is -0.141. The van der Waals surface area contributed by atoms with Crippen LogP contribution < -0.4 is 10.5 Å². The van der Waals surface area contributed by atoms with E-state index >= 15 is 0 Å². The third-order valence-corrected chi connectivity index (χ3v) is 1.97. The molecule has 0 aromatic heterocycles. The van der Waals surface area contributed by atoms with E-state index in [-0.39, 0.29) is 5.56 Å². The average Bonchev–Trinajstić information content (AvgIpc) is 2.18. The fourth-order valence-corrected chi connectivity index (χ4v) is 1.18. The maximum Gasteiger partial charge on any atom is 0.328 e. The molecule has 1 rings (SSSR count). The summed E-state index contributed by atoms with van der Waals surface area (Å²) in [7, 11) is 1.38. The molecule has 0 heterocycles. The van der Waals surface area contributed by atoms with Crippen LogP contribution in [0.5, 0.6) is 5.75 Å². The molecule has 0 fully saturated rings. The molecule has 0 aliphatic carbocycles. The lowest BCUT2D eigenvalue weighted by atomic mass is 10.1. The van der Waals surface area contributed by atoms with E-state index < -0.39 is 18.3 Å². The molecule has 0 unspecified atom stereocenters. The fourth-order valence-electron chi connectivity index (χ4n) is 1.18. The minimum Gasteiger partial charge on any atom is -0.496 e. The highest BCUT2D eigenvalue weighted by molar-refractivity contribution is 5.82. The zero-order chi connectivity index (χ0) is 11.5. The maximum absolute atomic E-state index is 13.0. The van der Waals surface area contributed by atoms with Gasteiger partial charge in [0.25, 0.3) is 5.91 Å². The second-order valence-electron chi connectivity index (χ2n) is 3.06. The number of nitrogens with two attached hydrogens (primary N) is 1. The molecule has 3 nitrogen and oxygen atoms in total. The number of amides is 1. The highest BCUT2D eigenvalue weighted by atomic mass is 19.3. The maximum atomic E-state index is 13.0. The molecule has 0 bridgehead atoms. The van der Waals surface area contributed by atoms with E-state index in [2.05, 4.69) is 5.73 Å². The minimum absolute atomic E-state index is 0.254. The van der Waals surface area contributed by atoms with Crippen LogP contribution in [-0.2, 0) is 11.2 Å². The van der Waals surface area contributed by atoms with E-state index in [9.17, 15) is 13.6 Å². The fraction of sp³-hybridized carbons (Fsp3) is 0.300. The van der Waals surface area contributed by atoms with Gasteiger partial charge < -0.3 is 10.5 Å². The number of rotatable bonds is 4. The predicted molar refractivity (Wildman–Crippen MR) is 50.8 cm³/mol. The summed E-state index contributed by atoms with van der Waals surface area (Å²) in [4.78, 5) is 10.5. The van der Waals surface area contributed by atoms with Gasteiger partial charge in [0.1, 0.15) is 5.75 Å². The molecule has 1 aromatic carbocycles. The van der Waals surface area contributed by atoms with Crippen molar-refractivity contribution in [3.8, 4) is 5.75 Å². The van der Waals surface area contributed by atoms with Crippen molar-refractivity contribution >= 4 is 5.91 Å². The third-order valence-electron chi connectivity index (χ3n) is 1.97. The van der Waals surface area contributed by atoms with Crippen molar-refractivity contribution in [3.05, 3.63) is 29.8 Å². The van der Waals surface area contributed by atoms with Crippen molar-refractivity contribution in [2.75, 3.05) is 7.11 Å². The number of halogens is 2. The Hall–Kier alpha value is -1.65. The summed E-state index contributed by atoms with van der Waals surface area (Å²) < 4.78 is 30.9. The Labute approximate surface area is 85.8 Å². The van der Waals surface area contributed by atoms with Gasteiger partial charge in [-0.15, -0.1) is 0 Å². The number of carbonyl (C=O) groups excluding carboxylic acids is 1. The van der Waals surface area contributed by atoms with Crippen LogP contribution in [0.4, 0.5) is 8.78 Å². The first kappa shape index (κ1) is 11.4. The molecule has 0 aliphatic heterocycles. The Morgan fingerprint density at radius 3 is 2.60 bits per heavy atom. The Bertz CT molecular complexity index is 366. The first-order valence-electron chi connectivity index (χ1n) is 4.27. The molecule has 5 heteroatoms. The summed E-state index contributed by atoms with van der Waals surface area (Å²) >= 11 is 0. The Balaban J connectivity index is 2.94. The number of hydrogen-bond acceptors (Lipinski definition) is 2. The van der Waals surface area contributed by atoms with Gasteiger partial charge in [0.15, 0.2) is 0 Å². The van der Waals surface area contributed by atoms with Crippen LogP contribution in [-0.4, -0.2) is 18.9 Å². The monoisotopic (exact) mass is 215 g/mol. The first-order chi connectivity index (χ1) is 6.97. The van der Waals surface area contributed by atoms with Gasteiger partial charge in [0, 0.05) is 12.0 Å². The Kier molecular flexibility index (Phi) is 3.24. The largest absolute Gasteiger partial charge is 0.496 e. The van der Waals surface area contributed by atoms with E-state index in [1.807, 2.05) is 0 Å². The van der Waals surface area contributed by atoms with Crippen LogP contribution in [0.25, 0.3) is 0 Å². The highest BCUT2D eigenvalue weighted by Crippen LogP contribution is 2.25. The molecule has 1 amide bonds. The van der Waals surface area contributed by atoms with Gasteiger partial charge in [-0.05, 0) is 6.07 Å². The zero-order valence-electron chi connectivity index (χ0n) is 8.17. The first-order valence-corrected chi connectivity index (χ1v) is 4.27. The second kappa shape index (κ2) is 4.25. The predicted octanol–water partition coefficient (Wildman–Crippen LogP) is 1.36. The zero-order valence-corrected chi connectivity index (χ0v) is 8.17. The summed E-state index contributed by atoms with van der Waals surface area (Å²) in [5.41, 5.74) is 4.83. The number of carbonyl (C=O) groups is 1. The van der Waals surface area contributed by atoms with Crippen molar-refractivity contribution in [3.63, 3.8) is 0 Å². The number of hydrogen-bond donors (Lipinski definition) is 1. The third kappa shape index (κ3) is 2.65. The van der Waals surface area contributed by atoms with Crippen molar-refractivity contribution in [2.45, 2.75) is 12.3 Å². The standard InChI is InChI=1S/C10H11F2NO2/c1-15-8-5-3-2-4-7(8)6-10(11,12)9(13)14/h2-5H,6H2,1H3,(H2,13,14). The van der Waals surface area contributed by atoms with Gasteiger partial charge >= 0.3 is 5.92 Å². The van der Waals surface area contributed by atoms with Gasteiger partial charge in [-0.2, -0.15) is 8.78 Å². The topological polar surface area (TPSA) is 52.3 Å². The van der Waals surface area contributed by atoms with Crippen molar-refractivity contribution in [1.82, 2.24) is 0 Å². The molecular weight excluding hydrogens is 204 g/mol. The minimum atomic E-state index is -3.55.